The van der Waals surface area contributed by atoms with Gasteiger partial charge in [0.25, 0.3) is 0 Å². The molecule has 0 saturated carbocycles. The van der Waals surface area contributed by atoms with Crippen LogP contribution in [-0.4, -0.2) is 51.3 Å². The van der Waals surface area contributed by atoms with E-state index in [1.807, 2.05) is 17.0 Å². The molecule has 0 bridgehead atoms. The molecule has 1 aliphatic heterocycles. The van der Waals surface area contributed by atoms with E-state index in [1.54, 1.807) is 38.5 Å². The molecule has 0 spiro atoms. The van der Waals surface area contributed by atoms with Gasteiger partial charge in [0.2, 0.25) is 5.91 Å². The van der Waals surface area contributed by atoms with Gasteiger partial charge < -0.3 is 23.8 Å². The molecule has 0 fully saturated rings. The summed E-state index contributed by atoms with van der Waals surface area (Å²) in [6.07, 6.45) is 3.09. The van der Waals surface area contributed by atoms with E-state index in [0.29, 0.717) is 35.8 Å². The average molecular weight is 442 g/mol. The number of carbonyl (C=O) groups excluding carboxylic acids is 2. The van der Waals surface area contributed by atoms with Gasteiger partial charge in [-0.25, -0.2) is 4.79 Å². The van der Waals surface area contributed by atoms with Gasteiger partial charge in [-0.15, -0.1) is 0 Å². The van der Waals surface area contributed by atoms with Gasteiger partial charge in [0.05, 0.1) is 32.9 Å². The molecule has 3 rings (SSSR count). The van der Waals surface area contributed by atoms with Crippen molar-refractivity contribution in [2.75, 3.05) is 34.5 Å². The minimum absolute atomic E-state index is 0.127. The van der Waals surface area contributed by atoms with E-state index in [9.17, 15) is 9.59 Å². The van der Waals surface area contributed by atoms with Crippen LogP contribution in [0.5, 0.6) is 17.2 Å². The molecule has 0 unspecified atom stereocenters. The highest BCUT2D eigenvalue weighted by Gasteiger charge is 2.32. The number of fused-ring (bicyclic) bond motifs is 1. The molecule has 1 aliphatic rings. The molecule has 0 aromatic heterocycles. The number of benzene rings is 2. The highest BCUT2D eigenvalue weighted by molar-refractivity contribution is 5.89. The second-order valence-electron chi connectivity index (χ2n) is 7.69. The molecule has 0 N–H and O–H groups in total. The first kappa shape index (κ1) is 23.4. The molecule has 7 nitrogen and oxygen atoms in total. The van der Waals surface area contributed by atoms with E-state index in [2.05, 4.69) is 6.92 Å². The Bertz CT molecular complexity index is 940. The van der Waals surface area contributed by atoms with E-state index >= 15 is 0 Å². The van der Waals surface area contributed by atoms with E-state index in [4.69, 9.17) is 18.9 Å². The molecule has 2 aromatic rings. The minimum atomic E-state index is -0.397. The van der Waals surface area contributed by atoms with Crippen LogP contribution < -0.4 is 14.2 Å². The monoisotopic (exact) mass is 441 g/mol. The molecule has 172 valence electrons. The van der Waals surface area contributed by atoms with Gasteiger partial charge in [-0.2, -0.15) is 0 Å². The number of rotatable bonds is 9. The van der Waals surface area contributed by atoms with Gasteiger partial charge in [0, 0.05) is 13.0 Å². The van der Waals surface area contributed by atoms with Crippen LogP contribution in [0, 0.1) is 0 Å². The van der Waals surface area contributed by atoms with Crippen LogP contribution in [-0.2, 0) is 16.0 Å². The van der Waals surface area contributed by atoms with Gasteiger partial charge >= 0.3 is 5.97 Å². The second-order valence-corrected chi connectivity index (χ2v) is 7.69. The van der Waals surface area contributed by atoms with Crippen molar-refractivity contribution in [1.82, 2.24) is 4.90 Å². The molecule has 0 aliphatic carbocycles. The number of amides is 1. The van der Waals surface area contributed by atoms with Crippen molar-refractivity contribution in [1.29, 1.82) is 0 Å². The SMILES string of the molecule is CCCCC(=O)N1CCc2cc(OC)c(OC)cc2[C@@H]1COc1ccc(C(=O)OC)cc1. The van der Waals surface area contributed by atoms with E-state index in [0.717, 1.165) is 30.4 Å². The van der Waals surface area contributed by atoms with Crippen LogP contribution in [0.3, 0.4) is 0 Å². The second kappa shape index (κ2) is 10.9. The lowest BCUT2D eigenvalue weighted by molar-refractivity contribution is -0.135. The summed E-state index contributed by atoms with van der Waals surface area (Å²) in [6.45, 7) is 2.99. The highest BCUT2D eigenvalue weighted by atomic mass is 16.5. The van der Waals surface area contributed by atoms with Gasteiger partial charge in [0.1, 0.15) is 12.4 Å². The standard InChI is InChI=1S/C25H31NO6/c1-5-6-7-24(27)26-13-12-18-14-22(29-2)23(30-3)15-20(18)21(26)16-32-19-10-8-17(9-11-19)25(28)31-4/h8-11,14-15,21H,5-7,12-13,16H2,1-4H3/t21-/m0/s1. The minimum Gasteiger partial charge on any atom is -0.493 e. The van der Waals surface area contributed by atoms with Crippen LogP contribution in [0.1, 0.15) is 53.7 Å². The van der Waals surface area contributed by atoms with Crippen molar-refractivity contribution in [3.63, 3.8) is 0 Å². The molecule has 0 radical (unpaired) electrons. The summed E-state index contributed by atoms with van der Waals surface area (Å²) in [4.78, 5) is 26.5. The maximum atomic E-state index is 13.0. The Morgan fingerprint density at radius 3 is 2.34 bits per heavy atom. The van der Waals surface area contributed by atoms with Crippen LogP contribution in [0.2, 0.25) is 0 Å². The zero-order chi connectivity index (χ0) is 23.1. The lowest BCUT2D eigenvalue weighted by atomic mass is 9.91. The van der Waals surface area contributed by atoms with Gasteiger partial charge in [0.15, 0.2) is 11.5 Å². The number of carbonyl (C=O) groups is 2. The number of unbranched alkanes of at least 4 members (excludes halogenated alkanes) is 1. The molecule has 32 heavy (non-hydrogen) atoms. The zero-order valence-electron chi connectivity index (χ0n) is 19.2. The maximum Gasteiger partial charge on any atom is 0.337 e. The Morgan fingerprint density at radius 2 is 1.72 bits per heavy atom. The van der Waals surface area contributed by atoms with Crippen molar-refractivity contribution in [3.05, 3.63) is 53.1 Å². The molecule has 1 heterocycles. The Balaban J connectivity index is 1.87. The van der Waals surface area contributed by atoms with Crippen LogP contribution in [0.25, 0.3) is 0 Å². The normalized spacial score (nSPS) is 15.0. The van der Waals surface area contributed by atoms with E-state index < -0.39 is 5.97 Å². The van der Waals surface area contributed by atoms with Crippen LogP contribution >= 0.6 is 0 Å². The Labute approximate surface area is 189 Å². The van der Waals surface area contributed by atoms with Crippen LogP contribution in [0.15, 0.2) is 36.4 Å². The lowest BCUT2D eigenvalue weighted by Crippen LogP contribution is -2.42. The first-order chi connectivity index (χ1) is 15.5. The fourth-order valence-electron chi connectivity index (χ4n) is 3.96. The van der Waals surface area contributed by atoms with E-state index in [1.165, 1.54) is 7.11 Å². The topological polar surface area (TPSA) is 74.3 Å². The molecule has 1 atom stereocenters. The van der Waals surface area contributed by atoms with Gasteiger partial charge in [-0.1, -0.05) is 13.3 Å². The van der Waals surface area contributed by atoms with Crippen molar-refractivity contribution in [2.45, 2.75) is 38.6 Å². The molecule has 1 amide bonds. The first-order valence-electron chi connectivity index (χ1n) is 10.9. The summed E-state index contributed by atoms with van der Waals surface area (Å²) in [7, 11) is 4.57. The summed E-state index contributed by atoms with van der Waals surface area (Å²) >= 11 is 0. The summed E-state index contributed by atoms with van der Waals surface area (Å²) in [5, 5.41) is 0. The lowest BCUT2D eigenvalue weighted by Gasteiger charge is -2.37. The van der Waals surface area contributed by atoms with E-state index in [-0.39, 0.29) is 18.6 Å². The zero-order valence-corrected chi connectivity index (χ0v) is 19.2. The molecular weight excluding hydrogens is 410 g/mol. The van der Waals surface area contributed by atoms with Gasteiger partial charge in [-0.3, -0.25) is 4.79 Å². The largest absolute Gasteiger partial charge is 0.493 e. The third-order valence-electron chi connectivity index (χ3n) is 5.75. The Morgan fingerprint density at radius 1 is 1.03 bits per heavy atom. The fraction of sp³-hybridized carbons (Fsp3) is 0.440. The molecular formula is C25H31NO6. The third-order valence-corrected chi connectivity index (χ3v) is 5.75. The average Bonchev–Trinajstić information content (AvgIpc) is 2.84. The molecule has 0 saturated heterocycles. The summed E-state index contributed by atoms with van der Waals surface area (Å²) in [6, 6.07) is 10.5. The predicted octanol–water partition coefficient (Wildman–Crippen LogP) is 4.19. The molecule has 7 heteroatoms. The Hall–Kier alpha value is -3.22. The summed E-state index contributed by atoms with van der Waals surface area (Å²) in [5.74, 6) is 1.65. The highest BCUT2D eigenvalue weighted by Crippen LogP contribution is 2.38. The predicted molar refractivity (Wildman–Crippen MR) is 121 cm³/mol. The quantitative estimate of drug-likeness (QED) is 0.544. The number of esters is 1. The smallest absolute Gasteiger partial charge is 0.337 e. The maximum absolute atomic E-state index is 13.0. The summed E-state index contributed by atoms with van der Waals surface area (Å²) < 4.78 is 21.8. The first-order valence-corrected chi connectivity index (χ1v) is 10.9. The number of nitrogens with zero attached hydrogens (tertiary/aromatic N) is 1. The Kier molecular flexibility index (Phi) is 7.98. The van der Waals surface area contributed by atoms with Crippen LogP contribution in [0.4, 0.5) is 0 Å². The molecule has 2 aromatic carbocycles. The van der Waals surface area contributed by atoms with Crippen molar-refractivity contribution in [2.24, 2.45) is 0 Å². The number of ether oxygens (including phenoxy) is 4. The van der Waals surface area contributed by atoms with Gasteiger partial charge in [-0.05, 0) is 60.4 Å². The number of hydrogen-bond donors (Lipinski definition) is 0. The van der Waals surface area contributed by atoms with Crippen molar-refractivity contribution < 1.29 is 28.5 Å². The number of methoxy groups -OCH3 is 3. The fourth-order valence-corrected chi connectivity index (χ4v) is 3.96. The third kappa shape index (κ3) is 5.15. The summed E-state index contributed by atoms with van der Waals surface area (Å²) in [5.41, 5.74) is 2.58. The number of hydrogen-bond acceptors (Lipinski definition) is 6. The van der Waals surface area contributed by atoms with Crippen molar-refractivity contribution in [3.8, 4) is 17.2 Å². The van der Waals surface area contributed by atoms with Crippen molar-refractivity contribution >= 4 is 11.9 Å².